The van der Waals surface area contributed by atoms with Gasteiger partial charge in [0.2, 0.25) is 5.92 Å². The second-order valence-corrected chi connectivity index (χ2v) is 9.57. The third-order valence-corrected chi connectivity index (χ3v) is 7.13. The van der Waals surface area contributed by atoms with E-state index >= 15 is 0 Å². The van der Waals surface area contributed by atoms with Crippen molar-refractivity contribution in [1.82, 2.24) is 19.9 Å². The zero-order valence-electron chi connectivity index (χ0n) is 18.9. The molecule has 0 bridgehead atoms. The van der Waals surface area contributed by atoms with Crippen LogP contribution >= 0.6 is 0 Å². The van der Waals surface area contributed by atoms with E-state index in [9.17, 15) is 31.5 Å². The van der Waals surface area contributed by atoms with Gasteiger partial charge >= 0.3 is 6.18 Å². The lowest BCUT2D eigenvalue weighted by Gasteiger charge is -2.35. The Morgan fingerprint density at radius 3 is 2.39 bits per heavy atom. The molecule has 3 aromatic rings. The first-order valence-corrected chi connectivity index (χ1v) is 11.6. The minimum atomic E-state index is -4.28. The fourth-order valence-electron chi connectivity index (χ4n) is 5.19. The van der Waals surface area contributed by atoms with Crippen LogP contribution in [0, 0.1) is 5.92 Å². The molecule has 0 aliphatic heterocycles. The SMILES string of the molecule is NC(=O)c1nccc2[nH]c(-c3cnc(C4CC(F)(F)C4)nc3[C@H]3CC[C@H](C(F)(F)F)CC3)cc(=O)c12. The number of fused-ring (bicyclic) bond motifs is 1. The molecule has 2 fully saturated rings. The predicted octanol–water partition coefficient (Wildman–Crippen LogP) is 4.83. The molecule has 0 spiro atoms. The van der Waals surface area contributed by atoms with Crippen LogP contribution in [0.3, 0.4) is 0 Å². The predicted molar refractivity (Wildman–Crippen MR) is 120 cm³/mol. The highest BCUT2D eigenvalue weighted by Crippen LogP contribution is 2.48. The number of hydrogen-bond donors (Lipinski definition) is 2. The molecule has 7 nitrogen and oxygen atoms in total. The molecule has 0 atom stereocenters. The highest BCUT2D eigenvalue weighted by atomic mass is 19.4. The van der Waals surface area contributed by atoms with Crippen LogP contribution in [0.25, 0.3) is 22.2 Å². The number of rotatable bonds is 4. The maximum Gasteiger partial charge on any atom is 0.391 e. The zero-order valence-corrected chi connectivity index (χ0v) is 18.9. The van der Waals surface area contributed by atoms with Gasteiger partial charge in [0.1, 0.15) is 11.5 Å². The van der Waals surface area contributed by atoms with Gasteiger partial charge in [-0.1, -0.05) is 0 Å². The first kappa shape index (κ1) is 24.3. The number of H-pyrrole nitrogens is 1. The molecule has 2 aliphatic rings. The van der Waals surface area contributed by atoms with Gasteiger partial charge in [0.25, 0.3) is 5.91 Å². The summed E-state index contributed by atoms with van der Waals surface area (Å²) in [6.07, 6.45) is -2.03. The number of carbonyl (C=O) groups is 1. The van der Waals surface area contributed by atoms with Crippen molar-refractivity contribution in [1.29, 1.82) is 0 Å². The summed E-state index contributed by atoms with van der Waals surface area (Å²) in [5, 5.41) is 0.00947. The van der Waals surface area contributed by atoms with E-state index < -0.39 is 35.3 Å². The molecule has 3 aromatic heterocycles. The lowest BCUT2D eigenvalue weighted by Crippen LogP contribution is -2.35. The molecule has 1 amide bonds. The fraction of sp³-hybridized carbons (Fsp3) is 0.458. The van der Waals surface area contributed by atoms with Crippen molar-refractivity contribution >= 4 is 16.8 Å². The van der Waals surface area contributed by atoms with Crippen molar-refractivity contribution in [3.8, 4) is 11.3 Å². The average Bonchev–Trinajstić information content (AvgIpc) is 2.81. The number of pyridine rings is 2. The van der Waals surface area contributed by atoms with Crippen LogP contribution in [0.5, 0.6) is 0 Å². The van der Waals surface area contributed by atoms with Gasteiger partial charge in [-0.25, -0.2) is 18.7 Å². The normalized spacial score (nSPS) is 22.4. The lowest BCUT2D eigenvalue weighted by atomic mass is 9.78. The van der Waals surface area contributed by atoms with Crippen LogP contribution in [0.1, 0.15) is 72.4 Å². The Bertz CT molecular complexity index is 1390. The Kier molecular flexibility index (Phi) is 5.79. The standard InChI is InChI=1S/C24H22F5N5O2/c25-23(26)8-12(9-23)22-32-10-14(19(34-22)11-1-3-13(4-2-11)24(27,28)29)16-7-17(35)18-15(33-16)5-6-31-20(18)21(30)36/h5-7,10-13H,1-4,8-9H2,(H2,30,36)(H,33,35)/t11-,13-. The zero-order chi connectivity index (χ0) is 25.8. The summed E-state index contributed by atoms with van der Waals surface area (Å²) >= 11 is 0. The minimum absolute atomic E-state index is 0.00947. The quantitative estimate of drug-likeness (QED) is 0.491. The average molecular weight is 507 g/mol. The number of aromatic amines is 1. The topological polar surface area (TPSA) is 115 Å². The number of hydrogen-bond acceptors (Lipinski definition) is 5. The van der Waals surface area contributed by atoms with Gasteiger partial charge in [0, 0.05) is 48.7 Å². The molecule has 3 heterocycles. The summed E-state index contributed by atoms with van der Waals surface area (Å²) in [6.45, 7) is 0. The Morgan fingerprint density at radius 2 is 1.78 bits per heavy atom. The van der Waals surface area contributed by atoms with Crippen LogP contribution in [0.2, 0.25) is 0 Å². The monoisotopic (exact) mass is 507 g/mol. The number of primary amides is 1. The smallest absolute Gasteiger partial charge is 0.364 e. The molecule has 0 saturated heterocycles. The second-order valence-electron chi connectivity index (χ2n) is 9.57. The summed E-state index contributed by atoms with van der Waals surface area (Å²) in [7, 11) is 0. The highest BCUT2D eigenvalue weighted by molar-refractivity contribution is 6.03. The summed E-state index contributed by atoms with van der Waals surface area (Å²) in [6, 6.07) is 2.73. The molecule has 2 aliphatic carbocycles. The van der Waals surface area contributed by atoms with Crippen molar-refractivity contribution in [2.45, 2.75) is 62.5 Å². The van der Waals surface area contributed by atoms with E-state index in [1.165, 1.54) is 24.5 Å². The van der Waals surface area contributed by atoms with Gasteiger partial charge in [-0.15, -0.1) is 0 Å². The molecule has 3 N–H and O–H groups in total. The molecule has 2 saturated carbocycles. The molecule has 190 valence electrons. The van der Waals surface area contributed by atoms with E-state index in [-0.39, 0.29) is 66.9 Å². The van der Waals surface area contributed by atoms with Gasteiger partial charge in [0.05, 0.1) is 28.2 Å². The Balaban J connectivity index is 1.58. The highest BCUT2D eigenvalue weighted by Gasteiger charge is 2.48. The number of nitrogens with one attached hydrogen (secondary N) is 1. The number of halogens is 5. The van der Waals surface area contributed by atoms with E-state index in [4.69, 9.17) is 5.73 Å². The van der Waals surface area contributed by atoms with Gasteiger partial charge in [-0.2, -0.15) is 13.2 Å². The molecular weight excluding hydrogens is 485 g/mol. The molecule has 12 heteroatoms. The van der Waals surface area contributed by atoms with Gasteiger partial charge in [-0.05, 0) is 31.7 Å². The van der Waals surface area contributed by atoms with Gasteiger partial charge < -0.3 is 10.7 Å². The Morgan fingerprint density at radius 1 is 1.08 bits per heavy atom. The van der Waals surface area contributed by atoms with Crippen molar-refractivity contribution in [3.05, 3.63) is 52.0 Å². The first-order valence-electron chi connectivity index (χ1n) is 11.6. The maximum atomic E-state index is 13.5. The van der Waals surface area contributed by atoms with Crippen molar-refractivity contribution < 1.29 is 26.7 Å². The molecule has 0 radical (unpaired) electrons. The number of nitrogens with two attached hydrogens (primary N) is 1. The van der Waals surface area contributed by atoms with E-state index in [0.717, 1.165) is 0 Å². The van der Waals surface area contributed by atoms with Crippen molar-refractivity contribution in [3.63, 3.8) is 0 Å². The lowest BCUT2D eigenvalue weighted by molar-refractivity contribution is -0.182. The van der Waals surface area contributed by atoms with Crippen LogP contribution in [0.4, 0.5) is 22.0 Å². The maximum absolute atomic E-state index is 13.5. The third-order valence-electron chi connectivity index (χ3n) is 7.13. The Hall–Kier alpha value is -3.44. The van der Waals surface area contributed by atoms with Gasteiger partial charge in [-0.3, -0.25) is 14.6 Å². The van der Waals surface area contributed by atoms with Crippen LogP contribution in [-0.4, -0.2) is 37.9 Å². The second kappa shape index (κ2) is 8.59. The first-order chi connectivity index (χ1) is 16.9. The number of carbonyl (C=O) groups excluding carboxylic acids is 1. The third kappa shape index (κ3) is 4.44. The van der Waals surface area contributed by atoms with Crippen molar-refractivity contribution in [2.24, 2.45) is 11.7 Å². The summed E-state index contributed by atoms with van der Waals surface area (Å²) in [5.74, 6) is -5.73. The van der Waals surface area contributed by atoms with Crippen LogP contribution in [0.15, 0.2) is 29.3 Å². The van der Waals surface area contributed by atoms with E-state index in [2.05, 4.69) is 19.9 Å². The van der Waals surface area contributed by atoms with Gasteiger partial charge in [0.15, 0.2) is 5.43 Å². The minimum Gasteiger partial charge on any atom is -0.364 e. The Labute approximate surface area is 201 Å². The number of aromatic nitrogens is 4. The summed E-state index contributed by atoms with van der Waals surface area (Å²) < 4.78 is 66.6. The van der Waals surface area contributed by atoms with E-state index in [1.807, 2.05) is 0 Å². The molecule has 0 aromatic carbocycles. The molecule has 0 unspecified atom stereocenters. The van der Waals surface area contributed by atoms with Crippen molar-refractivity contribution in [2.75, 3.05) is 0 Å². The fourth-order valence-corrected chi connectivity index (χ4v) is 5.19. The van der Waals surface area contributed by atoms with E-state index in [0.29, 0.717) is 17.0 Å². The summed E-state index contributed by atoms with van der Waals surface area (Å²) in [4.78, 5) is 40.4. The van der Waals surface area contributed by atoms with Crippen LogP contribution in [-0.2, 0) is 0 Å². The molecule has 5 rings (SSSR count). The summed E-state index contributed by atoms with van der Waals surface area (Å²) in [5.41, 5.74) is 6.02. The van der Waals surface area contributed by atoms with Crippen LogP contribution < -0.4 is 11.2 Å². The largest absolute Gasteiger partial charge is 0.391 e. The molecular formula is C24H22F5N5O2. The number of amides is 1. The number of nitrogens with zero attached hydrogens (tertiary/aromatic N) is 3. The number of alkyl halides is 5. The van der Waals surface area contributed by atoms with E-state index in [1.54, 1.807) is 0 Å². The molecule has 36 heavy (non-hydrogen) atoms.